The van der Waals surface area contributed by atoms with Gasteiger partial charge >= 0.3 is 5.97 Å². The summed E-state index contributed by atoms with van der Waals surface area (Å²) in [7, 11) is 1.29. The zero-order valence-corrected chi connectivity index (χ0v) is 7.63. The van der Waals surface area contributed by atoms with Crippen LogP contribution in [0, 0.1) is 12.7 Å². The number of methoxy groups -OCH3 is 1. The average Bonchev–Trinajstić information content (AvgIpc) is 2.11. The van der Waals surface area contributed by atoms with Crippen molar-refractivity contribution in [2.24, 2.45) is 0 Å². The van der Waals surface area contributed by atoms with Gasteiger partial charge in [0.25, 0.3) is 0 Å². The molecule has 0 aliphatic rings. The van der Waals surface area contributed by atoms with Crippen LogP contribution in [0.2, 0.25) is 0 Å². The van der Waals surface area contributed by atoms with Crippen molar-refractivity contribution in [1.82, 2.24) is 0 Å². The number of aryl methyl sites for hydroxylation is 1. The first-order chi connectivity index (χ1) is 6.15. The van der Waals surface area contributed by atoms with Gasteiger partial charge in [0, 0.05) is 5.56 Å². The number of halogens is 1. The quantitative estimate of drug-likeness (QED) is 0.652. The summed E-state index contributed by atoms with van der Waals surface area (Å²) in [6.45, 7) is 1.77. The number of carbonyl (C=O) groups excluding carboxylic acids is 1. The van der Waals surface area contributed by atoms with E-state index < -0.39 is 5.97 Å². The van der Waals surface area contributed by atoms with E-state index in [-0.39, 0.29) is 12.2 Å². The van der Waals surface area contributed by atoms with Crippen molar-refractivity contribution in [3.05, 3.63) is 35.1 Å². The zero-order valence-electron chi connectivity index (χ0n) is 7.63. The second kappa shape index (κ2) is 4.03. The van der Waals surface area contributed by atoms with Gasteiger partial charge in [-0.1, -0.05) is 12.1 Å². The van der Waals surface area contributed by atoms with Gasteiger partial charge in [0.2, 0.25) is 0 Å². The summed E-state index contributed by atoms with van der Waals surface area (Å²) < 4.78 is 17.6. The number of carbonyl (C=O) groups is 1. The van der Waals surface area contributed by atoms with Crippen LogP contribution >= 0.6 is 0 Å². The van der Waals surface area contributed by atoms with E-state index in [4.69, 9.17) is 0 Å². The minimum absolute atomic E-state index is 0.00495. The van der Waals surface area contributed by atoms with Gasteiger partial charge in [-0.15, -0.1) is 0 Å². The lowest BCUT2D eigenvalue weighted by Crippen LogP contribution is -2.07. The second-order valence-corrected chi connectivity index (χ2v) is 2.79. The first kappa shape index (κ1) is 9.71. The van der Waals surface area contributed by atoms with Crippen LogP contribution in [-0.2, 0) is 16.0 Å². The third-order valence-electron chi connectivity index (χ3n) is 1.90. The van der Waals surface area contributed by atoms with Crippen LogP contribution in [0.15, 0.2) is 18.2 Å². The molecule has 1 aromatic rings. The number of esters is 1. The van der Waals surface area contributed by atoms with Crippen LogP contribution in [-0.4, -0.2) is 13.1 Å². The maximum absolute atomic E-state index is 13.1. The fraction of sp³-hybridized carbons (Fsp3) is 0.300. The molecule has 0 N–H and O–H groups in total. The normalized spacial score (nSPS) is 9.77. The molecule has 0 heterocycles. The number of rotatable bonds is 2. The highest BCUT2D eigenvalue weighted by Crippen LogP contribution is 2.13. The van der Waals surface area contributed by atoms with Gasteiger partial charge in [-0.3, -0.25) is 4.79 Å². The molecule has 0 saturated heterocycles. The third kappa shape index (κ3) is 2.28. The minimum atomic E-state index is -0.423. The van der Waals surface area contributed by atoms with Crippen molar-refractivity contribution < 1.29 is 13.9 Å². The molecule has 70 valence electrons. The van der Waals surface area contributed by atoms with Crippen LogP contribution in [0.5, 0.6) is 0 Å². The molecule has 2 nitrogen and oxygen atoms in total. The van der Waals surface area contributed by atoms with E-state index in [0.717, 1.165) is 5.56 Å². The highest BCUT2D eigenvalue weighted by atomic mass is 19.1. The Morgan fingerprint density at radius 3 is 2.77 bits per heavy atom. The number of ether oxygens (including phenoxy) is 1. The molecule has 3 heteroatoms. The number of hydrogen-bond donors (Lipinski definition) is 0. The summed E-state index contributed by atoms with van der Waals surface area (Å²) in [6.07, 6.45) is -0.00495. The summed E-state index contributed by atoms with van der Waals surface area (Å²) in [5, 5.41) is 0. The topological polar surface area (TPSA) is 26.3 Å². The molecular formula is C10H11FO2. The zero-order chi connectivity index (χ0) is 9.84. The van der Waals surface area contributed by atoms with Crippen molar-refractivity contribution in [3.63, 3.8) is 0 Å². The van der Waals surface area contributed by atoms with E-state index >= 15 is 0 Å². The van der Waals surface area contributed by atoms with Crippen LogP contribution in [0.4, 0.5) is 4.39 Å². The molecule has 0 aliphatic heterocycles. The molecule has 0 bridgehead atoms. The maximum Gasteiger partial charge on any atom is 0.310 e. The molecule has 0 amide bonds. The van der Waals surface area contributed by atoms with Crippen molar-refractivity contribution in [3.8, 4) is 0 Å². The van der Waals surface area contributed by atoms with Gasteiger partial charge in [-0.05, 0) is 18.6 Å². The standard InChI is InChI=1S/C10H11FO2/c1-7-4-3-5-9(11)8(7)6-10(12)13-2/h3-5H,6H2,1-2H3. The molecule has 0 saturated carbocycles. The van der Waals surface area contributed by atoms with Crippen molar-refractivity contribution in [2.45, 2.75) is 13.3 Å². The van der Waals surface area contributed by atoms with Crippen LogP contribution in [0.3, 0.4) is 0 Å². The minimum Gasteiger partial charge on any atom is -0.469 e. The van der Waals surface area contributed by atoms with Crippen molar-refractivity contribution in [2.75, 3.05) is 7.11 Å². The summed E-state index contributed by atoms with van der Waals surface area (Å²) in [6, 6.07) is 4.72. The summed E-state index contributed by atoms with van der Waals surface area (Å²) in [5.74, 6) is -0.779. The van der Waals surface area contributed by atoms with E-state index in [1.165, 1.54) is 13.2 Å². The largest absolute Gasteiger partial charge is 0.469 e. The van der Waals surface area contributed by atoms with E-state index in [0.29, 0.717) is 5.56 Å². The smallest absolute Gasteiger partial charge is 0.310 e. The molecule has 1 aromatic carbocycles. The fourth-order valence-electron chi connectivity index (χ4n) is 1.11. The lowest BCUT2D eigenvalue weighted by Gasteiger charge is -2.04. The third-order valence-corrected chi connectivity index (χ3v) is 1.90. The highest BCUT2D eigenvalue weighted by molar-refractivity contribution is 5.72. The SMILES string of the molecule is COC(=O)Cc1c(C)cccc1F. The molecule has 0 unspecified atom stereocenters. The Morgan fingerprint density at radius 1 is 1.54 bits per heavy atom. The lowest BCUT2D eigenvalue weighted by molar-refractivity contribution is -0.139. The van der Waals surface area contributed by atoms with Crippen LogP contribution < -0.4 is 0 Å². The molecule has 0 aliphatic carbocycles. The summed E-state index contributed by atoms with van der Waals surface area (Å²) >= 11 is 0. The number of hydrogen-bond acceptors (Lipinski definition) is 2. The molecule has 0 aromatic heterocycles. The molecule has 13 heavy (non-hydrogen) atoms. The first-order valence-electron chi connectivity index (χ1n) is 3.96. The van der Waals surface area contributed by atoms with Crippen LogP contribution in [0.1, 0.15) is 11.1 Å². The predicted octanol–water partition coefficient (Wildman–Crippen LogP) is 1.85. The summed E-state index contributed by atoms with van der Waals surface area (Å²) in [4.78, 5) is 10.9. The van der Waals surface area contributed by atoms with E-state index in [9.17, 15) is 9.18 Å². The maximum atomic E-state index is 13.1. The number of benzene rings is 1. The van der Waals surface area contributed by atoms with Gasteiger partial charge in [-0.2, -0.15) is 0 Å². The Bertz CT molecular complexity index is 300. The van der Waals surface area contributed by atoms with E-state index in [1.807, 2.05) is 0 Å². The molecule has 0 atom stereocenters. The predicted molar refractivity (Wildman–Crippen MR) is 46.9 cm³/mol. The Hall–Kier alpha value is -1.38. The molecule has 0 fully saturated rings. The highest BCUT2D eigenvalue weighted by Gasteiger charge is 2.09. The van der Waals surface area contributed by atoms with Crippen LogP contribution in [0.25, 0.3) is 0 Å². The first-order valence-corrected chi connectivity index (χ1v) is 3.96. The lowest BCUT2D eigenvalue weighted by atomic mass is 10.1. The van der Waals surface area contributed by atoms with E-state index in [2.05, 4.69) is 4.74 Å². The Labute approximate surface area is 76.3 Å². The van der Waals surface area contributed by atoms with Gasteiger partial charge in [0.05, 0.1) is 13.5 Å². The van der Waals surface area contributed by atoms with E-state index in [1.54, 1.807) is 19.1 Å². The molecule has 0 spiro atoms. The second-order valence-electron chi connectivity index (χ2n) is 2.79. The molecule has 0 radical (unpaired) electrons. The molecular weight excluding hydrogens is 171 g/mol. The Morgan fingerprint density at radius 2 is 2.23 bits per heavy atom. The fourth-order valence-corrected chi connectivity index (χ4v) is 1.11. The molecule has 1 rings (SSSR count). The monoisotopic (exact) mass is 182 g/mol. The average molecular weight is 182 g/mol. The van der Waals surface area contributed by atoms with Gasteiger partial charge in [-0.25, -0.2) is 4.39 Å². The van der Waals surface area contributed by atoms with Crippen molar-refractivity contribution in [1.29, 1.82) is 0 Å². The Balaban J connectivity index is 2.93. The van der Waals surface area contributed by atoms with Gasteiger partial charge in [0.1, 0.15) is 5.82 Å². The Kier molecular flexibility index (Phi) is 3.01. The summed E-state index contributed by atoms with van der Waals surface area (Å²) in [5.41, 5.74) is 1.18. The van der Waals surface area contributed by atoms with Gasteiger partial charge < -0.3 is 4.74 Å². The van der Waals surface area contributed by atoms with Crippen molar-refractivity contribution >= 4 is 5.97 Å². The van der Waals surface area contributed by atoms with Gasteiger partial charge in [0.15, 0.2) is 0 Å².